The zero-order valence-electron chi connectivity index (χ0n) is 11.8. The predicted molar refractivity (Wildman–Crippen MR) is 81.9 cm³/mol. The Hall–Kier alpha value is -2.20. The molecular formula is C17H18N2O2. The van der Waals surface area contributed by atoms with Gasteiger partial charge >= 0.3 is 0 Å². The van der Waals surface area contributed by atoms with Crippen LogP contribution in [0.3, 0.4) is 0 Å². The fraction of sp³-hybridized carbons (Fsp3) is 0.294. The molecule has 1 fully saturated rings. The third kappa shape index (κ3) is 3.11. The van der Waals surface area contributed by atoms with E-state index in [4.69, 9.17) is 0 Å². The molecule has 0 bridgehead atoms. The van der Waals surface area contributed by atoms with Crippen molar-refractivity contribution in [2.75, 3.05) is 6.54 Å². The molecule has 2 aromatic rings. The molecule has 1 aliphatic rings. The minimum absolute atomic E-state index is 0.153. The van der Waals surface area contributed by atoms with E-state index in [1.807, 2.05) is 18.2 Å². The number of nitro benzene ring substituents is 1. The molecule has 0 radical (unpaired) electrons. The van der Waals surface area contributed by atoms with Crippen molar-refractivity contribution in [1.29, 1.82) is 0 Å². The molecule has 1 aliphatic heterocycles. The highest BCUT2D eigenvalue weighted by atomic mass is 16.6. The number of non-ortho nitro benzene ring substituents is 1. The summed E-state index contributed by atoms with van der Waals surface area (Å²) in [7, 11) is 0. The highest BCUT2D eigenvalue weighted by Gasteiger charge is 2.25. The molecule has 4 heteroatoms. The second kappa shape index (κ2) is 6.06. The van der Waals surface area contributed by atoms with Crippen LogP contribution in [0.1, 0.15) is 30.0 Å². The summed E-state index contributed by atoms with van der Waals surface area (Å²) in [5.74, 6) is 0. The zero-order chi connectivity index (χ0) is 14.7. The van der Waals surface area contributed by atoms with Crippen molar-refractivity contribution >= 4 is 5.69 Å². The second-order valence-corrected chi connectivity index (χ2v) is 5.46. The van der Waals surface area contributed by atoms with Crippen LogP contribution in [0.5, 0.6) is 0 Å². The summed E-state index contributed by atoms with van der Waals surface area (Å²) in [6.45, 7) is 1.92. The first-order chi connectivity index (χ1) is 10.2. The van der Waals surface area contributed by atoms with Crippen LogP contribution < -0.4 is 0 Å². The van der Waals surface area contributed by atoms with Gasteiger partial charge in [-0.1, -0.05) is 42.5 Å². The summed E-state index contributed by atoms with van der Waals surface area (Å²) in [5, 5.41) is 10.7. The summed E-state index contributed by atoms with van der Waals surface area (Å²) in [5.41, 5.74) is 2.64. The standard InChI is InChI=1S/C17H18N2O2/c20-19(21)16-10-8-14(9-11-16)13-18-12-4-7-17(18)15-5-2-1-3-6-15/h1-3,5-6,8-11,17H,4,7,12-13H2. The minimum atomic E-state index is -0.355. The smallest absolute Gasteiger partial charge is 0.269 e. The first kappa shape index (κ1) is 13.8. The van der Waals surface area contributed by atoms with Gasteiger partial charge in [0.05, 0.1) is 4.92 Å². The van der Waals surface area contributed by atoms with Crippen LogP contribution in [-0.4, -0.2) is 16.4 Å². The first-order valence-corrected chi connectivity index (χ1v) is 7.26. The minimum Gasteiger partial charge on any atom is -0.292 e. The Kier molecular flexibility index (Phi) is 3.97. The quantitative estimate of drug-likeness (QED) is 0.630. The number of benzene rings is 2. The largest absolute Gasteiger partial charge is 0.292 e. The number of nitro groups is 1. The van der Waals surface area contributed by atoms with Gasteiger partial charge in [-0.25, -0.2) is 0 Å². The average molecular weight is 282 g/mol. The van der Waals surface area contributed by atoms with Gasteiger partial charge in [0.1, 0.15) is 0 Å². The highest BCUT2D eigenvalue weighted by Crippen LogP contribution is 2.33. The maximum atomic E-state index is 10.7. The predicted octanol–water partition coefficient (Wildman–Crippen LogP) is 3.93. The Bertz CT molecular complexity index is 610. The van der Waals surface area contributed by atoms with E-state index >= 15 is 0 Å². The lowest BCUT2D eigenvalue weighted by molar-refractivity contribution is -0.384. The summed E-state index contributed by atoms with van der Waals surface area (Å²) < 4.78 is 0. The molecule has 1 atom stereocenters. The molecule has 1 heterocycles. The normalized spacial score (nSPS) is 18.8. The maximum Gasteiger partial charge on any atom is 0.269 e. The molecule has 0 aliphatic carbocycles. The lowest BCUT2D eigenvalue weighted by Crippen LogP contribution is -2.22. The molecule has 4 nitrogen and oxygen atoms in total. The summed E-state index contributed by atoms with van der Waals surface area (Å²) in [6.07, 6.45) is 2.38. The molecule has 0 spiro atoms. The lowest BCUT2D eigenvalue weighted by Gasteiger charge is -2.24. The van der Waals surface area contributed by atoms with Crippen molar-refractivity contribution in [3.63, 3.8) is 0 Å². The Morgan fingerprint density at radius 2 is 1.81 bits per heavy atom. The average Bonchev–Trinajstić information content (AvgIpc) is 2.97. The fourth-order valence-electron chi connectivity index (χ4n) is 3.03. The van der Waals surface area contributed by atoms with E-state index < -0.39 is 0 Å². The zero-order valence-corrected chi connectivity index (χ0v) is 11.8. The van der Waals surface area contributed by atoms with E-state index in [0.717, 1.165) is 18.7 Å². The third-order valence-electron chi connectivity index (χ3n) is 4.08. The SMILES string of the molecule is O=[N+]([O-])c1ccc(CN2CCCC2c2ccccc2)cc1. The van der Waals surface area contributed by atoms with Gasteiger partial charge in [0.25, 0.3) is 5.69 Å². The summed E-state index contributed by atoms with van der Waals surface area (Å²) in [4.78, 5) is 12.8. The fourth-order valence-corrected chi connectivity index (χ4v) is 3.03. The first-order valence-electron chi connectivity index (χ1n) is 7.26. The molecule has 0 N–H and O–H groups in total. The van der Waals surface area contributed by atoms with Crippen molar-refractivity contribution in [2.45, 2.75) is 25.4 Å². The highest BCUT2D eigenvalue weighted by molar-refractivity contribution is 5.33. The van der Waals surface area contributed by atoms with Crippen LogP contribution in [-0.2, 0) is 6.54 Å². The summed E-state index contributed by atoms with van der Waals surface area (Å²) >= 11 is 0. The van der Waals surface area contributed by atoms with Gasteiger partial charge in [-0.3, -0.25) is 15.0 Å². The van der Waals surface area contributed by atoms with Crippen molar-refractivity contribution < 1.29 is 4.92 Å². The molecule has 21 heavy (non-hydrogen) atoms. The van der Waals surface area contributed by atoms with Crippen LogP contribution in [0, 0.1) is 10.1 Å². The number of rotatable bonds is 4. The van der Waals surface area contributed by atoms with Crippen LogP contribution in [0.4, 0.5) is 5.69 Å². The summed E-state index contributed by atoms with van der Waals surface area (Å²) in [6, 6.07) is 17.9. The molecule has 1 unspecified atom stereocenters. The Morgan fingerprint density at radius 1 is 1.10 bits per heavy atom. The number of hydrogen-bond acceptors (Lipinski definition) is 3. The van der Waals surface area contributed by atoms with Gasteiger partial charge in [0.2, 0.25) is 0 Å². The van der Waals surface area contributed by atoms with Gasteiger partial charge < -0.3 is 0 Å². The monoisotopic (exact) mass is 282 g/mol. The second-order valence-electron chi connectivity index (χ2n) is 5.46. The van der Waals surface area contributed by atoms with Crippen molar-refractivity contribution in [2.24, 2.45) is 0 Å². The Morgan fingerprint density at radius 3 is 2.48 bits per heavy atom. The number of nitrogens with zero attached hydrogens (tertiary/aromatic N) is 2. The van der Waals surface area contributed by atoms with Gasteiger partial charge in [0.15, 0.2) is 0 Å². The molecule has 0 aromatic heterocycles. The third-order valence-corrected chi connectivity index (χ3v) is 4.08. The molecule has 3 rings (SSSR count). The Labute approximate surface area is 124 Å². The van der Waals surface area contributed by atoms with E-state index in [0.29, 0.717) is 6.04 Å². The van der Waals surface area contributed by atoms with E-state index in [1.54, 1.807) is 12.1 Å². The van der Waals surface area contributed by atoms with Crippen LogP contribution in [0.2, 0.25) is 0 Å². The number of likely N-dealkylation sites (tertiary alicyclic amines) is 1. The van der Waals surface area contributed by atoms with Crippen LogP contribution >= 0.6 is 0 Å². The lowest BCUT2D eigenvalue weighted by atomic mass is 10.0. The van der Waals surface area contributed by atoms with Gasteiger partial charge in [-0.05, 0) is 30.5 Å². The molecule has 2 aromatic carbocycles. The molecule has 1 saturated heterocycles. The number of hydrogen-bond donors (Lipinski definition) is 0. The van der Waals surface area contributed by atoms with E-state index in [-0.39, 0.29) is 10.6 Å². The topological polar surface area (TPSA) is 46.4 Å². The molecular weight excluding hydrogens is 264 g/mol. The van der Waals surface area contributed by atoms with E-state index in [1.165, 1.54) is 18.4 Å². The maximum absolute atomic E-state index is 10.7. The van der Waals surface area contributed by atoms with Crippen LogP contribution in [0.15, 0.2) is 54.6 Å². The van der Waals surface area contributed by atoms with Crippen LogP contribution in [0.25, 0.3) is 0 Å². The van der Waals surface area contributed by atoms with E-state index in [2.05, 4.69) is 29.2 Å². The van der Waals surface area contributed by atoms with Crippen molar-refractivity contribution in [3.05, 3.63) is 75.8 Å². The molecule has 0 amide bonds. The molecule has 0 saturated carbocycles. The van der Waals surface area contributed by atoms with Crippen molar-refractivity contribution in [1.82, 2.24) is 4.90 Å². The van der Waals surface area contributed by atoms with E-state index in [9.17, 15) is 10.1 Å². The van der Waals surface area contributed by atoms with Gasteiger partial charge in [-0.2, -0.15) is 0 Å². The van der Waals surface area contributed by atoms with Gasteiger partial charge in [-0.15, -0.1) is 0 Å². The Balaban J connectivity index is 1.73. The molecule has 108 valence electrons. The van der Waals surface area contributed by atoms with Crippen molar-refractivity contribution in [3.8, 4) is 0 Å². The van der Waals surface area contributed by atoms with Gasteiger partial charge in [0, 0.05) is 24.7 Å².